The normalized spacial score (nSPS) is 19.2. The van der Waals surface area contributed by atoms with E-state index in [2.05, 4.69) is 30.6 Å². The van der Waals surface area contributed by atoms with Gasteiger partial charge in [0.25, 0.3) is 0 Å². The van der Waals surface area contributed by atoms with E-state index in [1.807, 2.05) is 11.8 Å². The number of fused-ring (bicyclic) bond motifs is 1. The molecule has 1 amide bonds. The molecule has 0 bridgehead atoms. The van der Waals surface area contributed by atoms with E-state index in [4.69, 9.17) is 0 Å². The van der Waals surface area contributed by atoms with E-state index in [1.54, 1.807) is 13.4 Å². The van der Waals surface area contributed by atoms with E-state index in [-0.39, 0.29) is 11.9 Å². The summed E-state index contributed by atoms with van der Waals surface area (Å²) in [6.45, 7) is 3.33. The number of hydrogen-bond donors (Lipinski definition) is 3. The molecule has 20 heavy (non-hydrogen) atoms. The smallest absolute Gasteiger partial charge is 0.242 e. The minimum atomic E-state index is -0.213. The maximum Gasteiger partial charge on any atom is 0.242 e. The first-order chi connectivity index (χ1) is 9.74. The molecule has 106 valence electrons. The number of carbonyl (C=O) groups is 1. The van der Waals surface area contributed by atoms with Crippen LogP contribution in [0, 0.1) is 0 Å². The Morgan fingerprint density at radius 3 is 3.10 bits per heavy atom. The Balaban J connectivity index is 2.11. The molecular weight excluding hydrogens is 258 g/mol. The minimum Gasteiger partial charge on any atom is -0.357 e. The average molecular weight is 275 g/mol. The maximum absolute atomic E-state index is 12.0. The van der Waals surface area contributed by atoms with Gasteiger partial charge < -0.3 is 20.5 Å². The summed E-state index contributed by atoms with van der Waals surface area (Å²) in [5, 5.41) is 5.82. The molecule has 1 aliphatic rings. The monoisotopic (exact) mass is 275 g/mol. The molecule has 1 aliphatic heterocycles. The van der Waals surface area contributed by atoms with Gasteiger partial charge in [-0.2, -0.15) is 9.97 Å². The van der Waals surface area contributed by atoms with Gasteiger partial charge in [0.05, 0.1) is 6.33 Å². The molecule has 3 rings (SSSR count). The number of anilines is 2. The number of H-pyrrole nitrogens is 1. The molecule has 3 N–H and O–H groups in total. The van der Waals surface area contributed by atoms with E-state index in [1.165, 1.54) is 0 Å². The first-order valence-corrected chi connectivity index (χ1v) is 6.67. The second kappa shape index (κ2) is 4.95. The summed E-state index contributed by atoms with van der Waals surface area (Å²) >= 11 is 0. The lowest BCUT2D eigenvalue weighted by atomic mass is 10.1. The molecule has 1 atom stereocenters. The summed E-state index contributed by atoms with van der Waals surface area (Å²) in [5.41, 5.74) is 1.36. The molecule has 1 unspecified atom stereocenters. The molecule has 3 heterocycles. The number of piperazine rings is 1. The molecule has 0 saturated carbocycles. The lowest BCUT2D eigenvalue weighted by Crippen LogP contribution is -2.55. The van der Waals surface area contributed by atoms with Gasteiger partial charge in [-0.3, -0.25) is 4.79 Å². The van der Waals surface area contributed by atoms with Gasteiger partial charge >= 0.3 is 0 Å². The summed E-state index contributed by atoms with van der Waals surface area (Å²) in [6.07, 6.45) is 2.31. The first-order valence-electron chi connectivity index (χ1n) is 6.67. The molecule has 0 spiro atoms. The minimum absolute atomic E-state index is 0.0380. The van der Waals surface area contributed by atoms with Crippen LogP contribution in [-0.2, 0) is 4.79 Å². The highest BCUT2D eigenvalue weighted by atomic mass is 16.2. The molecule has 8 heteroatoms. The molecule has 8 nitrogen and oxygen atoms in total. The van der Waals surface area contributed by atoms with E-state index in [0.29, 0.717) is 18.1 Å². The van der Waals surface area contributed by atoms with Gasteiger partial charge in [-0.25, -0.2) is 4.98 Å². The fourth-order valence-corrected chi connectivity index (χ4v) is 2.51. The van der Waals surface area contributed by atoms with Gasteiger partial charge in [-0.05, 0) is 6.42 Å². The van der Waals surface area contributed by atoms with E-state index in [9.17, 15) is 4.79 Å². The van der Waals surface area contributed by atoms with Crippen LogP contribution in [0.1, 0.15) is 13.3 Å². The standard InChI is InChI=1S/C12H17N7O/c1-3-7-11(20)14-4-5-19(7)10-8-9(16-6-15-8)17-12(13-2)18-10/h6-7H,3-5H2,1-2H3,(H,14,20)(H2,13,15,16,17,18). The van der Waals surface area contributed by atoms with Crippen molar-refractivity contribution in [1.29, 1.82) is 0 Å². The molecule has 0 aliphatic carbocycles. The fraction of sp³-hybridized carbons (Fsp3) is 0.500. The predicted molar refractivity (Wildman–Crippen MR) is 75.7 cm³/mol. The predicted octanol–water partition coefficient (Wildman–Crippen LogP) is 0.109. The van der Waals surface area contributed by atoms with E-state index < -0.39 is 0 Å². The summed E-state index contributed by atoms with van der Waals surface area (Å²) in [6, 6.07) is -0.213. The van der Waals surface area contributed by atoms with Crippen molar-refractivity contribution >= 4 is 28.8 Å². The van der Waals surface area contributed by atoms with Crippen LogP contribution in [0.15, 0.2) is 6.33 Å². The number of imidazole rings is 1. The van der Waals surface area contributed by atoms with Crippen molar-refractivity contribution in [2.45, 2.75) is 19.4 Å². The maximum atomic E-state index is 12.0. The SMILES string of the molecule is CCC1C(=O)NCCN1c1nc(NC)nc2nc[nH]c12. The zero-order valence-corrected chi connectivity index (χ0v) is 11.5. The van der Waals surface area contributed by atoms with Crippen LogP contribution < -0.4 is 15.5 Å². The second-order valence-electron chi connectivity index (χ2n) is 4.63. The van der Waals surface area contributed by atoms with Gasteiger partial charge in [0.2, 0.25) is 11.9 Å². The Morgan fingerprint density at radius 2 is 2.35 bits per heavy atom. The lowest BCUT2D eigenvalue weighted by molar-refractivity contribution is -0.123. The van der Waals surface area contributed by atoms with E-state index in [0.717, 1.165) is 24.3 Å². The number of carbonyl (C=O) groups excluding carboxylic acids is 1. The van der Waals surface area contributed by atoms with Gasteiger partial charge in [-0.1, -0.05) is 6.92 Å². The van der Waals surface area contributed by atoms with Crippen LogP contribution in [0.3, 0.4) is 0 Å². The number of amides is 1. The van der Waals surface area contributed by atoms with Crippen LogP contribution >= 0.6 is 0 Å². The second-order valence-corrected chi connectivity index (χ2v) is 4.63. The Kier molecular flexibility index (Phi) is 3.13. The van der Waals surface area contributed by atoms with Crippen molar-refractivity contribution in [2.75, 3.05) is 30.4 Å². The fourth-order valence-electron chi connectivity index (χ4n) is 2.51. The number of nitrogens with zero attached hydrogens (tertiary/aromatic N) is 4. The number of nitrogens with one attached hydrogen (secondary N) is 3. The molecule has 2 aromatic heterocycles. The largest absolute Gasteiger partial charge is 0.357 e. The molecule has 0 radical (unpaired) electrons. The van der Waals surface area contributed by atoms with Gasteiger partial charge in [0, 0.05) is 20.1 Å². The third-order valence-electron chi connectivity index (χ3n) is 3.48. The number of hydrogen-bond acceptors (Lipinski definition) is 6. The van der Waals surface area contributed by atoms with Crippen molar-refractivity contribution in [3.05, 3.63) is 6.33 Å². The quantitative estimate of drug-likeness (QED) is 0.735. The molecule has 2 aromatic rings. The van der Waals surface area contributed by atoms with Crippen LogP contribution in [0.5, 0.6) is 0 Å². The van der Waals surface area contributed by atoms with Crippen molar-refractivity contribution < 1.29 is 4.79 Å². The molecular formula is C12H17N7O. The zero-order chi connectivity index (χ0) is 14.1. The average Bonchev–Trinajstić information content (AvgIpc) is 2.94. The number of aromatic nitrogens is 4. The summed E-state index contributed by atoms with van der Waals surface area (Å²) < 4.78 is 0. The highest BCUT2D eigenvalue weighted by Gasteiger charge is 2.31. The number of aromatic amines is 1. The topological polar surface area (TPSA) is 98.8 Å². The van der Waals surface area contributed by atoms with Crippen LogP contribution in [0.4, 0.5) is 11.8 Å². The van der Waals surface area contributed by atoms with Crippen molar-refractivity contribution in [2.24, 2.45) is 0 Å². The van der Waals surface area contributed by atoms with Crippen LogP contribution in [0.2, 0.25) is 0 Å². The Hall–Kier alpha value is -2.38. The third kappa shape index (κ3) is 1.93. The van der Waals surface area contributed by atoms with Gasteiger partial charge in [0.1, 0.15) is 11.6 Å². The van der Waals surface area contributed by atoms with E-state index >= 15 is 0 Å². The first kappa shape index (κ1) is 12.6. The summed E-state index contributed by atoms with van der Waals surface area (Å²) in [5.74, 6) is 1.26. The van der Waals surface area contributed by atoms with Crippen molar-refractivity contribution in [1.82, 2.24) is 25.3 Å². The summed E-state index contributed by atoms with van der Waals surface area (Å²) in [4.78, 5) is 30.0. The third-order valence-corrected chi connectivity index (χ3v) is 3.48. The number of rotatable bonds is 3. The Labute approximate surface area is 116 Å². The van der Waals surface area contributed by atoms with Gasteiger partial charge in [0.15, 0.2) is 11.5 Å². The van der Waals surface area contributed by atoms with Crippen molar-refractivity contribution in [3.8, 4) is 0 Å². The van der Waals surface area contributed by atoms with Crippen LogP contribution in [0.25, 0.3) is 11.2 Å². The highest BCUT2D eigenvalue weighted by Crippen LogP contribution is 2.26. The molecule has 1 saturated heterocycles. The Morgan fingerprint density at radius 1 is 1.50 bits per heavy atom. The zero-order valence-electron chi connectivity index (χ0n) is 11.5. The van der Waals surface area contributed by atoms with Crippen LogP contribution in [-0.4, -0.2) is 52.0 Å². The van der Waals surface area contributed by atoms with Gasteiger partial charge in [-0.15, -0.1) is 0 Å². The molecule has 0 aromatic carbocycles. The Bertz CT molecular complexity index is 638. The summed E-state index contributed by atoms with van der Waals surface area (Å²) in [7, 11) is 1.76. The van der Waals surface area contributed by atoms with Crippen molar-refractivity contribution in [3.63, 3.8) is 0 Å². The molecule has 1 fully saturated rings. The highest BCUT2D eigenvalue weighted by molar-refractivity contribution is 5.91. The lowest BCUT2D eigenvalue weighted by Gasteiger charge is -2.35.